The molecule has 1 aromatic heterocycles. The van der Waals surface area contributed by atoms with Crippen molar-refractivity contribution in [2.45, 2.75) is 5.22 Å². The molecule has 0 aliphatic rings. The molecule has 0 atom stereocenters. The summed E-state index contributed by atoms with van der Waals surface area (Å²) < 4.78 is 6.39. The fraction of sp³-hybridized carbons (Fsp3) is 0.231. The zero-order valence-corrected chi connectivity index (χ0v) is 14.0. The zero-order valence-electron chi connectivity index (χ0n) is 11.6. The number of halogens is 1. The van der Waals surface area contributed by atoms with Crippen LogP contribution in [0.5, 0.6) is 0 Å². The molecule has 0 fully saturated rings. The number of rotatable bonds is 6. The Hall–Kier alpha value is -1.87. The van der Waals surface area contributed by atoms with Crippen molar-refractivity contribution < 1.29 is 14.0 Å². The summed E-state index contributed by atoms with van der Waals surface area (Å²) in [6.07, 6.45) is 0. The summed E-state index contributed by atoms with van der Waals surface area (Å²) in [6.45, 7) is -0.0526. The van der Waals surface area contributed by atoms with E-state index >= 15 is 0 Å². The molecule has 1 heterocycles. The quantitative estimate of drug-likeness (QED) is 0.731. The molecule has 9 heteroatoms. The van der Waals surface area contributed by atoms with E-state index in [1.807, 2.05) is 24.3 Å². The van der Waals surface area contributed by atoms with Gasteiger partial charge in [-0.2, -0.15) is 0 Å². The van der Waals surface area contributed by atoms with Gasteiger partial charge in [-0.15, -0.1) is 10.2 Å². The largest absolute Gasteiger partial charge is 0.411 e. The lowest BCUT2D eigenvalue weighted by atomic mass is 10.2. The van der Waals surface area contributed by atoms with Gasteiger partial charge in [-0.05, 0) is 18.2 Å². The van der Waals surface area contributed by atoms with E-state index in [9.17, 15) is 9.59 Å². The first-order chi connectivity index (χ1) is 10.6. The second-order valence-corrected chi connectivity index (χ2v) is 5.96. The maximum Gasteiger partial charge on any atom is 0.277 e. The first-order valence-corrected chi connectivity index (χ1v) is 8.06. The van der Waals surface area contributed by atoms with Crippen LogP contribution in [0.1, 0.15) is 0 Å². The van der Waals surface area contributed by atoms with Gasteiger partial charge in [0.2, 0.25) is 17.7 Å². The van der Waals surface area contributed by atoms with Crippen LogP contribution < -0.4 is 10.6 Å². The first kappa shape index (κ1) is 16.5. The van der Waals surface area contributed by atoms with Gasteiger partial charge in [-0.1, -0.05) is 33.8 Å². The number of nitrogens with zero attached hydrogens (tertiary/aromatic N) is 2. The Morgan fingerprint density at radius 2 is 2.14 bits per heavy atom. The van der Waals surface area contributed by atoms with E-state index in [4.69, 9.17) is 4.42 Å². The van der Waals surface area contributed by atoms with Gasteiger partial charge in [0.15, 0.2) is 0 Å². The minimum atomic E-state index is -0.282. The summed E-state index contributed by atoms with van der Waals surface area (Å²) in [5, 5.41) is 13.0. The smallest absolute Gasteiger partial charge is 0.277 e. The second kappa shape index (κ2) is 7.95. The predicted molar refractivity (Wildman–Crippen MR) is 85.2 cm³/mol. The lowest BCUT2D eigenvalue weighted by molar-refractivity contribution is -0.124. The number of aromatic nitrogens is 2. The molecular weight excluding hydrogens is 372 g/mol. The average molecular weight is 385 g/mol. The monoisotopic (exact) mass is 384 g/mol. The van der Waals surface area contributed by atoms with Crippen molar-refractivity contribution in [3.05, 3.63) is 28.7 Å². The zero-order chi connectivity index (χ0) is 15.9. The van der Waals surface area contributed by atoms with Crippen molar-refractivity contribution in [2.75, 3.05) is 19.3 Å². The fourth-order valence-corrected chi connectivity index (χ4v) is 2.44. The van der Waals surface area contributed by atoms with E-state index in [1.165, 1.54) is 7.05 Å². The highest BCUT2D eigenvalue weighted by molar-refractivity contribution is 9.10. The lowest BCUT2D eigenvalue weighted by Crippen LogP contribution is -2.35. The van der Waals surface area contributed by atoms with Crippen LogP contribution in [-0.4, -0.2) is 41.4 Å². The Kier molecular flexibility index (Phi) is 5.96. The van der Waals surface area contributed by atoms with Gasteiger partial charge in [0.25, 0.3) is 5.22 Å². The summed E-state index contributed by atoms with van der Waals surface area (Å²) in [7, 11) is 1.51. The van der Waals surface area contributed by atoms with E-state index in [0.29, 0.717) is 11.1 Å². The summed E-state index contributed by atoms with van der Waals surface area (Å²) in [4.78, 5) is 22.6. The maximum absolute atomic E-state index is 11.6. The minimum Gasteiger partial charge on any atom is -0.411 e. The number of benzene rings is 1. The Labute approximate surface area is 139 Å². The van der Waals surface area contributed by atoms with Crippen molar-refractivity contribution in [3.63, 3.8) is 0 Å². The van der Waals surface area contributed by atoms with E-state index < -0.39 is 0 Å². The molecular formula is C13H13BrN4O3S. The van der Waals surface area contributed by atoms with Gasteiger partial charge in [-0.25, -0.2) is 0 Å². The summed E-state index contributed by atoms with van der Waals surface area (Å²) in [5.74, 6) is -0.0599. The molecule has 1 aromatic carbocycles. The lowest BCUT2D eigenvalue weighted by Gasteiger charge is -2.02. The van der Waals surface area contributed by atoms with E-state index in [1.54, 1.807) is 0 Å². The number of carbonyl (C=O) groups is 2. The SMILES string of the molecule is CNC(=O)CNC(=O)CSc1nnc(-c2cccc(Br)c2)o1. The van der Waals surface area contributed by atoms with Gasteiger partial charge >= 0.3 is 0 Å². The molecule has 2 aromatic rings. The Morgan fingerprint density at radius 3 is 2.86 bits per heavy atom. The number of amides is 2. The molecule has 7 nitrogen and oxygen atoms in total. The Bertz CT molecular complexity index is 677. The summed E-state index contributed by atoms with van der Waals surface area (Å²) in [5.41, 5.74) is 0.790. The molecule has 0 aliphatic heterocycles. The van der Waals surface area contributed by atoms with Gasteiger partial charge < -0.3 is 15.1 Å². The Morgan fingerprint density at radius 1 is 1.32 bits per heavy atom. The standard InChI is InChI=1S/C13H13BrN4O3S/c1-15-10(19)6-16-11(20)7-22-13-18-17-12(21-13)8-3-2-4-9(14)5-8/h2-5H,6-7H2,1H3,(H,15,19)(H,16,20). The van der Waals surface area contributed by atoms with Crippen LogP contribution in [-0.2, 0) is 9.59 Å². The molecule has 0 bridgehead atoms. The topological polar surface area (TPSA) is 97.1 Å². The highest BCUT2D eigenvalue weighted by Crippen LogP contribution is 2.25. The maximum atomic E-state index is 11.6. The van der Waals surface area contributed by atoms with Crippen molar-refractivity contribution in [2.24, 2.45) is 0 Å². The summed E-state index contributed by atoms with van der Waals surface area (Å²) in [6, 6.07) is 7.47. The fourth-order valence-electron chi connectivity index (χ4n) is 1.45. The van der Waals surface area contributed by atoms with Gasteiger partial charge in [-0.3, -0.25) is 9.59 Å². The van der Waals surface area contributed by atoms with Gasteiger partial charge in [0.05, 0.1) is 12.3 Å². The molecule has 2 amide bonds. The van der Waals surface area contributed by atoms with E-state index in [2.05, 4.69) is 36.8 Å². The third-order valence-corrected chi connectivity index (χ3v) is 3.84. The first-order valence-electron chi connectivity index (χ1n) is 6.28. The van der Waals surface area contributed by atoms with Gasteiger partial charge in [0.1, 0.15) is 0 Å². The molecule has 0 saturated carbocycles. The molecule has 2 rings (SSSR count). The van der Waals surface area contributed by atoms with Crippen molar-refractivity contribution in [1.82, 2.24) is 20.8 Å². The predicted octanol–water partition coefficient (Wildman–Crippen LogP) is 1.45. The van der Waals surface area contributed by atoms with Crippen LogP contribution in [0.25, 0.3) is 11.5 Å². The third kappa shape index (κ3) is 4.85. The van der Waals surface area contributed by atoms with Crippen molar-refractivity contribution in [1.29, 1.82) is 0 Å². The number of thioether (sulfide) groups is 1. The molecule has 116 valence electrons. The van der Waals surface area contributed by atoms with Crippen LogP contribution >= 0.6 is 27.7 Å². The van der Waals surface area contributed by atoms with Gasteiger partial charge in [0, 0.05) is 17.1 Å². The Balaban J connectivity index is 1.87. The number of carbonyl (C=O) groups excluding carboxylic acids is 2. The van der Waals surface area contributed by atoms with E-state index in [0.717, 1.165) is 21.8 Å². The van der Waals surface area contributed by atoms with Crippen LogP contribution in [0.2, 0.25) is 0 Å². The molecule has 0 saturated heterocycles. The van der Waals surface area contributed by atoms with Crippen LogP contribution in [0, 0.1) is 0 Å². The number of hydrogen-bond acceptors (Lipinski definition) is 6. The summed E-state index contributed by atoms with van der Waals surface area (Å²) >= 11 is 4.48. The molecule has 0 aliphatic carbocycles. The van der Waals surface area contributed by atoms with Crippen LogP contribution in [0.4, 0.5) is 0 Å². The number of hydrogen-bond donors (Lipinski definition) is 2. The second-order valence-electron chi connectivity index (χ2n) is 4.12. The molecule has 2 N–H and O–H groups in total. The van der Waals surface area contributed by atoms with Crippen LogP contribution in [0.3, 0.4) is 0 Å². The molecule has 0 unspecified atom stereocenters. The average Bonchev–Trinajstić information content (AvgIpc) is 2.99. The molecule has 0 spiro atoms. The highest BCUT2D eigenvalue weighted by atomic mass is 79.9. The van der Waals surface area contributed by atoms with Crippen molar-refractivity contribution >= 4 is 39.5 Å². The highest BCUT2D eigenvalue weighted by Gasteiger charge is 2.11. The number of nitrogens with one attached hydrogen (secondary N) is 2. The normalized spacial score (nSPS) is 10.3. The van der Waals surface area contributed by atoms with Crippen molar-refractivity contribution in [3.8, 4) is 11.5 Å². The van der Waals surface area contributed by atoms with E-state index in [-0.39, 0.29) is 24.1 Å². The minimum absolute atomic E-state index is 0.0526. The third-order valence-electron chi connectivity index (χ3n) is 2.53. The molecule has 22 heavy (non-hydrogen) atoms. The molecule has 0 radical (unpaired) electrons. The number of likely N-dealkylation sites (N-methyl/N-ethyl adjacent to an activating group) is 1. The van der Waals surface area contributed by atoms with Crippen LogP contribution in [0.15, 0.2) is 38.4 Å².